The number of rotatable bonds is 7. The normalized spacial score (nSPS) is 16.6. The number of ether oxygens (including phenoxy) is 1. The summed E-state index contributed by atoms with van der Waals surface area (Å²) in [6.45, 7) is 0.536. The van der Waals surface area contributed by atoms with Crippen LogP contribution in [0.1, 0.15) is 41.8 Å². The molecule has 228 valence electrons. The SMILES string of the molecule is COC(=O)Nc1ccc(-c2nc([C@@H]3[C@H](c4ccccc4)CCCN3C(=O)/C=C/c3cc(Cl)ccc3-n3cnnn3)[nH]c2Cl)cc1. The zero-order valence-electron chi connectivity index (χ0n) is 24.1. The van der Waals surface area contributed by atoms with Gasteiger partial charge in [-0.15, -0.1) is 5.10 Å². The van der Waals surface area contributed by atoms with Crippen molar-refractivity contribution in [1.29, 1.82) is 0 Å². The van der Waals surface area contributed by atoms with Gasteiger partial charge in [-0.25, -0.2) is 9.78 Å². The number of carbonyl (C=O) groups excluding carboxylic acids is 2. The highest BCUT2D eigenvalue weighted by molar-refractivity contribution is 6.32. The van der Waals surface area contributed by atoms with E-state index >= 15 is 0 Å². The average Bonchev–Trinajstić information content (AvgIpc) is 3.74. The smallest absolute Gasteiger partial charge is 0.411 e. The number of amides is 2. The second kappa shape index (κ2) is 13.3. The minimum absolute atomic E-state index is 0.0260. The number of benzene rings is 3. The first-order chi connectivity index (χ1) is 21.9. The molecule has 1 aliphatic heterocycles. The van der Waals surface area contributed by atoms with Crippen LogP contribution in [0.5, 0.6) is 0 Å². The maximum absolute atomic E-state index is 14.0. The molecule has 3 aromatic carbocycles. The van der Waals surface area contributed by atoms with E-state index in [1.165, 1.54) is 18.1 Å². The van der Waals surface area contributed by atoms with Crippen molar-refractivity contribution in [3.63, 3.8) is 0 Å². The Labute approximate surface area is 268 Å². The van der Waals surface area contributed by atoms with Gasteiger partial charge in [-0.05, 0) is 65.2 Å². The quantitative estimate of drug-likeness (QED) is 0.189. The summed E-state index contributed by atoms with van der Waals surface area (Å²) in [6.07, 6.45) is 5.86. The molecule has 5 aromatic rings. The summed E-state index contributed by atoms with van der Waals surface area (Å²) in [7, 11) is 1.30. The maximum atomic E-state index is 14.0. The molecule has 0 bridgehead atoms. The number of imidazole rings is 1. The van der Waals surface area contributed by atoms with E-state index in [0.29, 0.717) is 45.2 Å². The van der Waals surface area contributed by atoms with Gasteiger partial charge in [0.2, 0.25) is 5.91 Å². The molecule has 0 radical (unpaired) electrons. The van der Waals surface area contributed by atoms with Crippen LogP contribution in [0.3, 0.4) is 0 Å². The minimum Gasteiger partial charge on any atom is -0.453 e. The average molecular weight is 644 g/mol. The third-order valence-corrected chi connectivity index (χ3v) is 8.19. The standard InChI is InChI=1S/C32H28Cl2N8O3/c1-45-32(44)36-24-13-9-21(10-14-24)28-30(34)38-31(37-28)29-25(20-6-3-2-4-7-20)8-5-17-41(29)27(43)16-11-22-18-23(33)12-15-26(22)42-19-35-39-40-42/h2-4,6-7,9-16,18-19,25,29H,5,8,17H2,1H3,(H,36,44)(H,37,38)/b16-11+/t25-,29-/m0/s1. The van der Waals surface area contributed by atoms with Gasteiger partial charge in [0, 0.05) is 40.4 Å². The molecule has 1 aliphatic rings. The fourth-order valence-electron chi connectivity index (χ4n) is 5.61. The van der Waals surface area contributed by atoms with Gasteiger partial charge < -0.3 is 14.6 Å². The number of piperidine rings is 1. The Morgan fingerprint density at radius 3 is 2.60 bits per heavy atom. The van der Waals surface area contributed by atoms with Crippen LogP contribution in [-0.4, -0.2) is 60.7 Å². The summed E-state index contributed by atoms with van der Waals surface area (Å²) >= 11 is 13.0. The predicted molar refractivity (Wildman–Crippen MR) is 171 cm³/mol. The Morgan fingerprint density at radius 2 is 1.87 bits per heavy atom. The molecular weight excluding hydrogens is 615 g/mol. The van der Waals surface area contributed by atoms with Crippen LogP contribution >= 0.6 is 23.2 Å². The van der Waals surface area contributed by atoms with E-state index < -0.39 is 12.1 Å². The topological polar surface area (TPSA) is 131 Å². The van der Waals surface area contributed by atoms with Crippen LogP contribution in [0.15, 0.2) is 85.2 Å². The van der Waals surface area contributed by atoms with E-state index in [-0.39, 0.29) is 11.8 Å². The van der Waals surface area contributed by atoms with Crippen molar-refractivity contribution in [2.45, 2.75) is 24.8 Å². The lowest BCUT2D eigenvalue weighted by Gasteiger charge is -2.40. The molecule has 2 N–H and O–H groups in total. The summed E-state index contributed by atoms with van der Waals surface area (Å²) in [5, 5.41) is 14.9. The molecular formula is C32H28Cl2N8O3. The van der Waals surface area contributed by atoms with E-state index in [1.807, 2.05) is 35.2 Å². The highest BCUT2D eigenvalue weighted by Gasteiger charge is 2.38. The van der Waals surface area contributed by atoms with E-state index in [2.05, 4.69) is 42.7 Å². The Kier molecular flexibility index (Phi) is 8.90. The summed E-state index contributed by atoms with van der Waals surface area (Å²) in [5.74, 6) is 0.372. The number of aromatic nitrogens is 6. The highest BCUT2D eigenvalue weighted by atomic mass is 35.5. The lowest BCUT2D eigenvalue weighted by molar-refractivity contribution is -0.130. The lowest BCUT2D eigenvalue weighted by atomic mass is 9.83. The Balaban J connectivity index is 1.34. The molecule has 2 atom stereocenters. The van der Waals surface area contributed by atoms with Crippen LogP contribution < -0.4 is 5.32 Å². The van der Waals surface area contributed by atoms with Gasteiger partial charge in [-0.1, -0.05) is 65.7 Å². The number of anilines is 1. The highest BCUT2D eigenvalue weighted by Crippen LogP contribution is 2.43. The first kappa shape index (κ1) is 30.0. The molecule has 0 aliphatic carbocycles. The number of nitrogens with zero attached hydrogens (tertiary/aromatic N) is 6. The van der Waals surface area contributed by atoms with Crippen LogP contribution in [-0.2, 0) is 9.53 Å². The molecule has 11 nitrogen and oxygen atoms in total. The first-order valence-electron chi connectivity index (χ1n) is 14.2. The molecule has 45 heavy (non-hydrogen) atoms. The number of carbonyl (C=O) groups is 2. The van der Waals surface area contributed by atoms with Crippen molar-refractivity contribution >= 4 is 47.0 Å². The van der Waals surface area contributed by atoms with Crippen LogP contribution in [0.25, 0.3) is 23.0 Å². The third-order valence-electron chi connectivity index (χ3n) is 7.68. The summed E-state index contributed by atoms with van der Waals surface area (Å²) < 4.78 is 6.18. The van der Waals surface area contributed by atoms with Crippen LogP contribution in [0.4, 0.5) is 10.5 Å². The van der Waals surface area contributed by atoms with E-state index in [9.17, 15) is 9.59 Å². The molecule has 2 aromatic heterocycles. The Hall–Kier alpha value is -5.00. The number of nitrogens with one attached hydrogen (secondary N) is 2. The third kappa shape index (κ3) is 6.59. The van der Waals surface area contributed by atoms with E-state index in [0.717, 1.165) is 24.0 Å². The van der Waals surface area contributed by atoms with E-state index in [4.69, 9.17) is 28.2 Å². The zero-order valence-corrected chi connectivity index (χ0v) is 25.6. The number of likely N-dealkylation sites (tertiary alicyclic amines) is 1. The number of H-pyrrole nitrogens is 1. The van der Waals surface area contributed by atoms with Crippen LogP contribution in [0, 0.1) is 0 Å². The lowest BCUT2D eigenvalue weighted by Crippen LogP contribution is -2.41. The molecule has 6 rings (SSSR count). The van der Waals surface area contributed by atoms with Crippen molar-refractivity contribution in [3.05, 3.63) is 112 Å². The molecule has 0 unspecified atom stereocenters. The predicted octanol–water partition coefficient (Wildman–Crippen LogP) is 6.70. The Bertz CT molecular complexity index is 1830. The largest absolute Gasteiger partial charge is 0.453 e. The summed E-state index contributed by atoms with van der Waals surface area (Å²) in [6, 6.07) is 22.1. The van der Waals surface area contributed by atoms with Gasteiger partial charge in [0.25, 0.3) is 0 Å². The fourth-order valence-corrected chi connectivity index (χ4v) is 6.04. The summed E-state index contributed by atoms with van der Waals surface area (Å²) in [4.78, 5) is 35.6. The van der Waals surface area contributed by atoms with Crippen molar-refractivity contribution in [1.82, 2.24) is 35.1 Å². The van der Waals surface area contributed by atoms with Gasteiger partial charge in [-0.2, -0.15) is 4.68 Å². The maximum Gasteiger partial charge on any atom is 0.411 e. The number of tetrazole rings is 1. The number of hydrogen-bond donors (Lipinski definition) is 2. The van der Waals surface area contributed by atoms with Crippen molar-refractivity contribution in [2.75, 3.05) is 19.0 Å². The van der Waals surface area contributed by atoms with Crippen molar-refractivity contribution < 1.29 is 14.3 Å². The second-order valence-corrected chi connectivity index (χ2v) is 11.2. The van der Waals surface area contributed by atoms with Gasteiger partial charge in [0.1, 0.15) is 23.0 Å². The fraction of sp³-hybridized carbons (Fsp3) is 0.188. The minimum atomic E-state index is -0.562. The van der Waals surface area contributed by atoms with Crippen molar-refractivity contribution in [3.8, 4) is 16.9 Å². The van der Waals surface area contributed by atoms with Gasteiger partial charge in [-0.3, -0.25) is 10.1 Å². The van der Waals surface area contributed by atoms with Crippen LogP contribution in [0.2, 0.25) is 10.2 Å². The molecule has 0 spiro atoms. The van der Waals surface area contributed by atoms with Gasteiger partial charge in [0.15, 0.2) is 0 Å². The number of halogens is 2. The monoisotopic (exact) mass is 642 g/mol. The molecule has 13 heteroatoms. The second-order valence-electron chi connectivity index (χ2n) is 10.4. The van der Waals surface area contributed by atoms with Gasteiger partial charge in [0.05, 0.1) is 18.8 Å². The molecule has 3 heterocycles. The summed E-state index contributed by atoms with van der Waals surface area (Å²) in [5.41, 5.74) is 4.33. The first-order valence-corrected chi connectivity index (χ1v) is 14.9. The zero-order chi connectivity index (χ0) is 31.3. The number of aromatic amines is 1. The molecule has 2 amide bonds. The van der Waals surface area contributed by atoms with Crippen molar-refractivity contribution in [2.24, 2.45) is 0 Å². The number of methoxy groups -OCH3 is 1. The van der Waals surface area contributed by atoms with Gasteiger partial charge >= 0.3 is 6.09 Å². The molecule has 1 saturated heterocycles. The number of hydrogen-bond acceptors (Lipinski definition) is 7. The molecule has 0 saturated carbocycles. The molecule has 1 fully saturated rings. The van der Waals surface area contributed by atoms with E-state index in [1.54, 1.807) is 42.5 Å². The Morgan fingerprint density at radius 1 is 1.07 bits per heavy atom.